The SMILES string of the molecule is CCN1CCCC2(CCCN2)C1. The van der Waals surface area contributed by atoms with Crippen molar-refractivity contribution in [3.63, 3.8) is 0 Å². The minimum atomic E-state index is 0.522. The Morgan fingerprint density at radius 2 is 2.17 bits per heavy atom. The van der Waals surface area contributed by atoms with Crippen molar-refractivity contribution in [3.05, 3.63) is 0 Å². The normalized spacial score (nSPS) is 37.8. The highest BCUT2D eigenvalue weighted by Gasteiger charge is 2.36. The molecule has 2 fully saturated rings. The molecule has 1 atom stereocenters. The molecule has 1 N–H and O–H groups in total. The molecule has 2 saturated heterocycles. The van der Waals surface area contributed by atoms with E-state index in [0.717, 1.165) is 0 Å². The molecular formula is C10H20N2. The van der Waals surface area contributed by atoms with Crippen LogP contribution >= 0.6 is 0 Å². The van der Waals surface area contributed by atoms with Crippen molar-refractivity contribution in [2.45, 2.75) is 38.1 Å². The Morgan fingerprint density at radius 3 is 2.83 bits per heavy atom. The monoisotopic (exact) mass is 168 g/mol. The van der Waals surface area contributed by atoms with Gasteiger partial charge in [-0.25, -0.2) is 0 Å². The minimum absolute atomic E-state index is 0.522. The molecule has 1 unspecified atom stereocenters. The van der Waals surface area contributed by atoms with Gasteiger partial charge in [-0.15, -0.1) is 0 Å². The average molecular weight is 168 g/mol. The summed E-state index contributed by atoms with van der Waals surface area (Å²) < 4.78 is 0. The number of likely N-dealkylation sites (tertiary alicyclic amines) is 1. The second kappa shape index (κ2) is 3.35. The molecule has 0 saturated carbocycles. The van der Waals surface area contributed by atoms with E-state index in [1.807, 2.05) is 0 Å². The van der Waals surface area contributed by atoms with Crippen LogP contribution in [0.4, 0.5) is 0 Å². The summed E-state index contributed by atoms with van der Waals surface area (Å²) in [4.78, 5) is 2.59. The van der Waals surface area contributed by atoms with Gasteiger partial charge in [-0.05, 0) is 45.3 Å². The second-order valence-electron chi connectivity index (χ2n) is 4.28. The fourth-order valence-electron chi connectivity index (χ4n) is 2.71. The summed E-state index contributed by atoms with van der Waals surface area (Å²) in [5.74, 6) is 0. The zero-order valence-corrected chi connectivity index (χ0v) is 8.10. The van der Waals surface area contributed by atoms with E-state index >= 15 is 0 Å². The fraction of sp³-hybridized carbons (Fsp3) is 1.00. The summed E-state index contributed by atoms with van der Waals surface area (Å²) >= 11 is 0. The van der Waals surface area contributed by atoms with Gasteiger partial charge in [0.05, 0.1) is 0 Å². The van der Waals surface area contributed by atoms with Crippen molar-refractivity contribution in [1.29, 1.82) is 0 Å². The van der Waals surface area contributed by atoms with Crippen LogP contribution in [0.1, 0.15) is 32.6 Å². The number of nitrogens with zero attached hydrogens (tertiary/aromatic N) is 1. The Balaban J connectivity index is 1.97. The number of likely N-dealkylation sites (N-methyl/N-ethyl adjacent to an activating group) is 1. The predicted octanol–water partition coefficient (Wildman–Crippen LogP) is 1.22. The first-order valence-corrected chi connectivity index (χ1v) is 5.32. The summed E-state index contributed by atoms with van der Waals surface area (Å²) in [5, 5.41) is 3.69. The molecule has 70 valence electrons. The van der Waals surface area contributed by atoms with Gasteiger partial charge in [0.25, 0.3) is 0 Å². The van der Waals surface area contributed by atoms with Gasteiger partial charge in [0.2, 0.25) is 0 Å². The average Bonchev–Trinajstić information content (AvgIpc) is 2.53. The molecule has 0 aromatic rings. The van der Waals surface area contributed by atoms with Crippen LogP contribution in [0.2, 0.25) is 0 Å². The molecule has 2 heteroatoms. The molecule has 1 spiro atoms. The molecule has 2 heterocycles. The Kier molecular flexibility index (Phi) is 2.37. The lowest BCUT2D eigenvalue weighted by Crippen LogP contribution is -2.53. The van der Waals surface area contributed by atoms with E-state index in [4.69, 9.17) is 0 Å². The molecule has 0 amide bonds. The van der Waals surface area contributed by atoms with E-state index in [2.05, 4.69) is 17.1 Å². The van der Waals surface area contributed by atoms with Crippen molar-refractivity contribution >= 4 is 0 Å². The van der Waals surface area contributed by atoms with Gasteiger partial charge in [0.15, 0.2) is 0 Å². The summed E-state index contributed by atoms with van der Waals surface area (Å²) in [6.45, 7) is 7.36. The first kappa shape index (κ1) is 8.52. The number of nitrogens with one attached hydrogen (secondary N) is 1. The molecule has 0 radical (unpaired) electrons. The lowest BCUT2D eigenvalue weighted by atomic mass is 9.88. The van der Waals surface area contributed by atoms with Gasteiger partial charge in [0.1, 0.15) is 0 Å². The molecule has 2 rings (SSSR count). The largest absolute Gasteiger partial charge is 0.310 e. The van der Waals surface area contributed by atoms with Crippen molar-refractivity contribution in [2.24, 2.45) is 0 Å². The van der Waals surface area contributed by atoms with Crippen molar-refractivity contribution in [2.75, 3.05) is 26.2 Å². The Labute approximate surface area is 75.3 Å². The highest BCUT2D eigenvalue weighted by atomic mass is 15.2. The van der Waals surface area contributed by atoms with E-state index < -0.39 is 0 Å². The highest BCUT2D eigenvalue weighted by Crippen LogP contribution is 2.29. The van der Waals surface area contributed by atoms with Crippen LogP contribution in [-0.4, -0.2) is 36.6 Å². The molecule has 2 aliphatic heterocycles. The van der Waals surface area contributed by atoms with E-state index in [9.17, 15) is 0 Å². The third-order valence-electron chi connectivity index (χ3n) is 3.44. The fourth-order valence-corrected chi connectivity index (χ4v) is 2.71. The van der Waals surface area contributed by atoms with E-state index in [0.29, 0.717) is 5.54 Å². The van der Waals surface area contributed by atoms with Crippen LogP contribution < -0.4 is 5.32 Å². The quantitative estimate of drug-likeness (QED) is 0.633. The summed E-state index contributed by atoms with van der Waals surface area (Å²) in [7, 11) is 0. The van der Waals surface area contributed by atoms with Gasteiger partial charge < -0.3 is 10.2 Å². The predicted molar refractivity (Wildman–Crippen MR) is 51.3 cm³/mol. The molecule has 12 heavy (non-hydrogen) atoms. The lowest BCUT2D eigenvalue weighted by Gasteiger charge is -2.40. The maximum absolute atomic E-state index is 3.69. The third-order valence-corrected chi connectivity index (χ3v) is 3.44. The number of hydrogen-bond acceptors (Lipinski definition) is 2. The second-order valence-corrected chi connectivity index (χ2v) is 4.28. The maximum atomic E-state index is 3.69. The molecule has 0 aromatic carbocycles. The highest BCUT2D eigenvalue weighted by molar-refractivity contribution is 4.97. The Morgan fingerprint density at radius 1 is 1.33 bits per heavy atom. The maximum Gasteiger partial charge on any atom is 0.0309 e. The van der Waals surface area contributed by atoms with Crippen LogP contribution in [0.25, 0.3) is 0 Å². The zero-order valence-electron chi connectivity index (χ0n) is 8.10. The summed E-state index contributed by atoms with van der Waals surface area (Å²) in [5.41, 5.74) is 0.522. The molecule has 2 nitrogen and oxygen atoms in total. The van der Waals surface area contributed by atoms with Crippen LogP contribution in [0.3, 0.4) is 0 Å². The first-order valence-electron chi connectivity index (χ1n) is 5.32. The minimum Gasteiger partial charge on any atom is -0.310 e. The van der Waals surface area contributed by atoms with Gasteiger partial charge in [-0.2, -0.15) is 0 Å². The Hall–Kier alpha value is -0.0800. The van der Waals surface area contributed by atoms with E-state index in [1.165, 1.54) is 51.9 Å². The third kappa shape index (κ3) is 1.50. The van der Waals surface area contributed by atoms with Crippen molar-refractivity contribution in [1.82, 2.24) is 10.2 Å². The molecule has 2 aliphatic rings. The number of rotatable bonds is 1. The lowest BCUT2D eigenvalue weighted by molar-refractivity contribution is 0.141. The Bertz CT molecular complexity index is 150. The van der Waals surface area contributed by atoms with E-state index in [1.54, 1.807) is 0 Å². The molecule has 0 bridgehead atoms. The summed E-state index contributed by atoms with van der Waals surface area (Å²) in [6, 6.07) is 0. The van der Waals surface area contributed by atoms with Crippen LogP contribution in [0.15, 0.2) is 0 Å². The van der Waals surface area contributed by atoms with Crippen molar-refractivity contribution in [3.8, 4) is 0 Å². The van der Waals surface area contributed by atoms with Crippen LogP contribution in [0, 0.1) is 0 Å². The first-order chi connectivity index (χ1) is 5.85. The smallest absolute Gasteiger partial charge is 0.0309 e. The topological polar surface area (TPSA) is 15.3 Å². The van der Waals surface area contributed by atoms with Crippen LogP contribution in [0.5, 0.6) is 0 Å². The van der Waals surface area contributed by atoms with Crippen molar-refractivity contribution < 1.29 is 0 Å². The van der Waals surface area contributed by atoms with Gasteiger partial charge in [-0.1, -0.05) is 6.92 Å². The van der Waals surface area contributed by atoms with Gasteiger partial charge in [-0.3, -0.25) is 0 Å². The number of hydrogen-bond donors (Lipinski definition) is 1. The standard InChI is InChI=1S/C10H20N2/c1-2-12-8-4-6-10(9-12)5-3-7-11-10/h11H,2-9H2,1H3. The molecule has 0 aliphatic carbocycles. The van der Waals surface area contributed by atoms with E-state index in [-0.39, 0.29) is 0 Å². The van der Waals surface area contributed by atoms with Gasteiger partial charge in [0, 0.05) is 12.1 Å². The molecule has 0 aromatic heterocycles. The molecular weight excluding hydrogens is 148 g/mol. The number of piperidine rings is 1. The summed E-state index contributed by atoms with van der Waals surface area (Å²) in [6.07, 6.45) is 5.59. The van der Waals surface area contributed by atoms with Crippen LogP contribution in [-0.2, 0) is 0 Å². The van der Waals surface area contributed by atoms with Gasteiger partial charge >= 0.3 is 0 Å². The zero-order chi connectivity index (χ0) is 8.44.